The van der Waals surface area contributed by atoms with Gasteiger partial charge in [-0.3, -0.25) is 4.79 Å². The maximum Gasteiger partial charge on any atom is 0.241 e. The fourth-order valence-corrected chi connectivity index (χ4v) is 2.68. The first-order valence-corrected chi connectivity index (χ1v) is 8.65. The van der Waals surface area contributed by atoms with Crippen molar-refractivity contribution in [3.8, 4) is 0 Å². The van der Waals surface area contributed by atoms with Gasteiger partial charge in [-0.2, -0.15) is 5.10 Å². The number of hydrogen-bond donors (Lipinski definition) is 2. The summed E-state index contributed by atoms with van der Waals surface area (Å²) in [4.78, 5) is 16.6. The minimum Gasteiger partial charge on any atom is -0.361 e. The fraction of sp³-hybridized carbons (Fsp3) is 0.647. The van der Waals surface area contributed by atoms with Crippen LogP contribution in [0.5, 0.6) is 0 Å². The molecule has 26 heavy (non-hydrogen) atoms. The molecule has 0 saturated carbocycles. The summed E-state index contributed by atoms with van der Waals surface area (Å²) in [5, 5.41) is 11.1. The minimum atomic E-state index is -0.242. The van der Waals surface area contributed by atoms with Crippen LogP contribution >= 0.6 is 12.4 Å². The van der Waals surface area contributed by atoms with E-state index in [1.807, 2.05) is 27.7 Å². The highest BCUT2D eigenvalue weighted by molar-refractivity contribution is 5.85. The molecule has 0 unspecified atom stereocenters. The predicted octanol–water partition coefficient (Wildman–Crippen LogP) is 2.02. The lowest BCUT2D eigenvalue weighted by Crippen LogP contribution is -2.31. The normalized spacial score (nSPS) is 12.1. The van der Waals surface area contributed by atoms with Crippen LogP contribution in [0.2, 0.25) is 0 Å². The number of nitrogens with two attached hydrogens (primary N) is 1. The Hall–Kier alpha value is -1.93. The Bertz CT molecular complexity index is 705. The standard InChI is InChI=1S/C17H28N6O2.ClH/c1-10(2)16(18)17-20-13(5)21-23(17)9-15(24)19-8-6-7-14-11(3)22-25-12(14)4;/h10,16H,6-9,18H2,1-5H3,(H,19,24);1H/t16-;/m0./s1. The Balaban J connectivity index is 0.00000338. The molecule has 146 valence electrons. The summed E-state index contributed by atoms with van der Waals surface area (Å²) in [6.07, 6.45) is 1.65. The van der Waals surface area contributed by atoms with Crippen molar-refractivity contribution in [1.29, 1.82) is 0 Å². The summed E-state index contributed by atoms with van der Waals surface area (Å²) in [7, 11) is 0. The maximum absolute atomic E-state index is 12.2. The Morgan fingerprint density at radius 2 is 2.00 bits per heavy atom. The molecule has 3 N–H and O–H groups in total. The van der Waals surface area contributed by atoms with E-state index in [0.717, 1.165) is 29.9 Å². The molecule has 1 amide bonds. The molecule has 8 nitrogen and oxygen atoms in total. The summed E-state index contributed by atoms with van der Waals surface area (Å²) in [5.41, 5.74) is 8.19. The number of nitrogens with zero attached hydrogens (tertiary/aromatic N) is 4. The smallest absolute Gasteiger partial charge is 0.241 e. The topological polar surface area (TPSA) is 112 Å². The van der Waals surface area contributed by atoms with Gasteiger partial charge in [0.2, 0.25) is 5.91 Å². The van der Waals surface area contributed by atoms with Crippen molar-refractivity contribution >= 4 is 18.3 Å². The zero-order valence-corrected chi connectivity index (χ0v) is 16.9. The van der Waals surface area contributed by atoms with E-state index < -0.39 is 0 Å². The molecule has 0 radical (unpaired) electrons. The summed E-state index contributed by atoms with van der Waals surface area (Å²) in [5.74, 6) is 2.24. The highest BCUT2D eigenvalue weighted by Gasteiger charge is 2.20. The van der Waals surface area contributed by atoms with Gasteiger partial charge in [-0.15, -0.1) is 12.4 Å². The molecule has 1 atom stereocenters. The van der Waals surface area contributed by atoms with Crippen molar-refractivity contribution in [3.63, 3.8) is 0 Å². The molecule has 0 saturated heterocycles. The molecular weight excluding hydrogens is 356 g/mol. The van der Waals surface area contributed by atoms with E-state index in [1.165, 1.54) is 0 Å². The van der Waals surface area contributed by atoms with Gasteiger partial charge >= 0.3 is 0 Å². The van der Waals surface area contributed by atoms with Crippen LogP contribution < -0.4 is 11.1 Å². The van der Waals surface area contributed by atoms with Crippen molar-refractivity contribution in [3.05, 3.63) is 28.7 Å². The lowest BCUT2D eigenvalue weighted by molar-refractivity contribution is -0.121. The summed E-state index contributed by atoms with van der Waals surface area (Å²) >= 11 is 0. The van der Waals surface area contributed by atoms with Gasteiger partial charge in [-0.1, -0.05) is 19.0 Å². The van der Waals surface area contributed by atoms with Crippen LogP contribution in [0.25, 0.3) is 0 Å². The number of amides is 1. The molecule has 2 aromatic heterocycles. The molecular formula is C17H29ClN6O2. The van der Waals surface area contributed by atoms with E-state index in [0.29, 0.717) is 18.2 Å². The van der Waals surface area contributed by atoms with Crippen LogP contribution in [-0.2, 0) is 17.8 Å². The minimum absolute atomic E-state index is 0. The first-order chi connectivity index (χ1) is 11.8. The number of aromatic nitrogens is 4. The van der Waals surface area contributed by atoms with Gasteiger partial charge in [0.25, 0.3) is 0 Å². The number of carbonyl (C=O) groups excluding carboxylic acids is 1. The molecule has 2 rings (SSSR count). The zero-order chi connectivity index (χ0) is 18.6. The van der Waals surface area contributed by atoms with Gasteiger partial charge in [0, 0.05) is 12.1 Å². The number of aryl methyl sites for hydroxylation is 3. The van der Waals surface area contributed by atoms with Gasteiger partial charge in [-0.05, 0) is 39.5 Å². The number of hydrogen-bond acceptors (Lipinski definition) is 6. The lowest BCUT2D eigenvalue weighted by atomic mass is 10.1. The van der Waals surface area contributed by atoms with Crippen LogP contribution in [0.1, 0.15) is 55.0 Å². The van der Waals surface area contributed by atoms with Crippen molar-refractivity contribution in [2.75, 3.05) is 6.54 Å². The molecule has 0 spiro atoms. The first kappa shape index (κ1) is 22.1. The number of carbonyl (C=O) groups is 1. The van der Waals surface area contributed by atoms with Crippen molar-refractivity contribution in [1.82, 2.24) is 25.2 Å². The van der Waals surface area contributed by atoms with Gasteiger partial charge in [0.15, 0.2) is 0 Å². The third-order valence-corrected chi connectivity index (χ3v) is 4.22. The molecule has 0 fully saturated rings. The second kappa shape index (κ2) is 9.68. The van der Waals surface area contributed by atoms with E-state index >= 15 is 0 Å². The predicted molar refractivity (Wildman–Crippen MR) is 101 cm³/mol. The molecule has 0 aliphatic rings. The number of halogens is 1. The second-order valence-corrected chi connectivity index (χ2v) is 6.70. The van der Waals surface area contributed by atoms with Crippen LogP contribution in [0.4, 0.5) is 0 Å². The summed E-state index contributed by atoms with van der Waals surface area (Å²) in [6.45, 7) is 10.4. The van der Waals surface area contributed by atoms with E-state index in [4.69, 9.17) is 10.3 Å². The van der Waals surface area contributed by atoms with E-state index in [1.54, 1.807) is 11.6 Å². The Morgan fingerprint density at radius 1 is 1.31 bits per heavy atom. The molecule has 0 bridgehead atoms. The van der Waals surface area contributed by atoms with Crippen molar-refractivity contribution in [2.45, 2.75) is 60.0 Å². The average molecular weight is 385 g/mol. The Labute approximate surface area is 160 Å². The Morgan fingerprint density at radius 3 is 2.58 bits per heavy atom. The maximum atomic E-state index is 12.2. The number of rotatable bonds is 8. The van der Waals surface area contributed by atoms with Crippen LogP contribution in [-0.4, -0.2) is 32.4 Å². The lowest BCUT2D eigenvalue weighted by Gasteiger charge is -2.15. The SMILES string of the molecule is Cc1nc([C@@H](N)C(C)C)n(CC(=O)NCCCc2c(C)noc2C)n1.Cl. The molecule has 0 aromatic carbocycles. The van der Waals surface area contributed by atoms with Gasteiger partial charge in [-0.25, -0.2) is 9.67 Å². The fourth-order valence-electron chi connectivity index (χ4n) is 2.68. The quantitative estimate of drug-likeness (QED) is 0.673. The monoisotopic (exact) mass is 384 g/mol. The van der Waals surface area contributed by atoms with E-state index in [9.17, 15) is 4.79 Å². The largest absolute Gasteiger partial charge is 0.361 e. The third kappa shape index (κ3) is 5.54. The van der Waals surface area contributed by atoms with Gasteiger partial charge < -0.3 is 15.6 Å². The average Bonchev–Trinajstić information content (AvgIpc) is 3.06. The van der Waals surface area contributed by atoms with Crippen LogP contribution in [0.3, 0.4) is 0 Å². The second-order valence-electron chi connectivity index (χ2n) is 6.70. The van der Waals surface area contributed by atoms with Crippen molar-refractivity contribution < 1.29 is 9.32 Å². The van der Waals surface area contributed by atoms with Crippen molar-refractivity contribution in [2.24, 2.45) is 11.7 Å². The highest BCUT2D eigenvalue weighted by atomic mass is 35.5. The number of nitrogens with one attached hydrogen (secondary N) is 1. The summed E-state index contributed by atoms with van der Waals surface area (Å²) in [6, 6.07) is -0.242. The van der Waals surface area contributed by atoms with Crippen LogP contribution in [0.15, 0.2) is 4.52 Å². The molecule has 0 aliphatic carbocycles. The zero-order valence-electron chi connectivity index (χ0n) is 16.1. The molecule has 2 aromatic rings. The molecule has 9 heteroatoms. The first-order valence-electron chi connectivity index (χ1n) is 8.65. The van der Waals surface area contributed by atoms with Crippen LogP contribution in [0, 0.1) is 26.7 Å². The van der Waals surface area contributed by atoms with Gasteiger partial charge in [0.05, 0.1) is 11.7 Å². The molecule has 0 aliphatic heterocycles. The van der Waals surface area contributed by atoms with Gasteiger partial charge in [0.1, 0.15) is 24.0 Å². The highest BCUT2D eigenvalue weighted by Crippen LogP contribution is 2.17. The summed E-state index contributed by atoms with van der Waals surface area (Å²) < 4.78 is 6.74. The van der Waals surface area contributed by atoms with E-state index in [-0.39, 0.29) is 36.8 Å². The third-order valence-electron chi connectivity index (χ3n) is 4.22. The van der Waals surface area contributed by atoms with E-state index in [2.05, 4.69) is 20.6 Å². The molecule has 2 heterocycles. The Kier molecular flexibility index (Phi) is 8.23.